The first-order valence-corrected chi connectivity index (χ1v) is 8.15. The van der Waals surface area contributed by atoms with E-state index in [1.54, 1.807) is 0 Å². The lowest BCUT2D eigenvalue weighted by Gasteiger charge is -2.23. The van der Waals surface area contributed by atoms with Crippen molar-refractivity contribution in [2.45, 2.75) is 34.6 Å². The van der Waals surface area contributed by atoms with E-state index in [4.69, 9.17) is 0 Å². The van der Waals surface area contributed by atoms with Crippen molar-refractivity contribution in [2.24, 2.45) is 0 Å². The number of hydrogen-bond acceptors (Lipinski definition) is 4. The third-order valence-corrected chi connectivity index (χ3v) is 3.00. The molecule has 4 heteroatoms. The molecule has 1 rings (SSSR count). The first kappa shape index (κ1) is 21.1. The van der Waals surface area contributed by atoms with Crippen molar-refractivity contribution < 1.29 is 5.71 Å². The molecular weight excluding hydrogens is 236 g/mol. The minimum atomic E-state index is 0. The average Bonchev–Trinajstić information content (AvgIpc) is 2.47. The molecule has 4 nitrogen and oxygen atoms in total. The molecule has 2 N–H and O–H groups in total. The fourth-order valence-corrected chi connectivity index (χ4v) is 1.80. The summed E-state index contributed by atoms with van der Waals surface area (Å²) < 4.78 is 0. The van der Waals surface area contributed by atoms with Crippen molar-refractivity contribution in [1.29, 1.82) is 0 Å². The first-order valence-electron chi connectivity index (χ1n) is 8.15. The number of likely N-dealkylation sites (N-methyl/N-ethyl adjacent to an activating group) is 2. The molecule has 1 aliphatic rings. The monoisotopic (exact) mass is 282 g/mol. The van der Waals surface area contributed by atoms with Crippen LogP contribution in [-0.4, -0.2) is 75.8 Å². The quantitative estimate of drug-likeness (QED) is 0.773. The van der Waals surface area contributed by atoms with Gasteiger partial charge in [0.2, 0.25) is 0 Å². The molecule has 1 aliphatic heterocycles. The summed E-state index contributed by atoms with van der Waals surface area (Å²) in [5.41, 5.74) is 0. The van der Waals surface area contributed by atoms with Crippen LogP contribution in [0.15, 0.2) is 0 Å². The Kier molecular flexibility index (Phi) is 19.9. The second-order valence-corrected chi connectivity index (χ2v) is 4.24. The summed E-state index contributed by atoms with van der Waals surface area (Å²) in [6.07, 6.45) is 0. The van der Waals surface area contributed by atoms with Crippen LogP contribution in [0.5, 0.6) is 0 Å². The molecule has 0 atom stereocenters. The van der Waals surface area contributed by atoms with Crippen LogP contribution in [0.2, 0.25) is 0 Å². The van der Waals surface area contributed by atoms with Crippen molar-refractivity contribution in [3.63, 3.8) is 0 Å². The van der Waals surface area contributed by atoms with E-state index in [1.165, 1.54) is 13.1 Å². The lowest BCUT2D eigenvalue weighted by Crippen LogP contribution is -2.42. The molecule has 126 valence electrons. The molecule has 0 aliphatic carbocycles. The zero-order valence-corrected chi connectivity index (χ0v) is 14.3. The summed E-state index contributed by atoms with van der Waals surface area (Å²) in [7, 11) is 2.19. The second-order valence-electron chi connectivity index (χ2n) is 4.24. The summed E-state index contributed by atoms with van der Waals surface area (Å²) in [6, 6.07) is 0. The number of rotatable bonds is 1. The van der Waals surface area contributed by atoms with Crippen LogP contribution in [0.25, 0.3) is 0 Å². The van der Waals surface area contributed by atoms with Crippen LogP contribution >= 0.6 is 0 Å². The van der Waals surface area contributed by atoms with Gasteiger partial charge in [0.05, 0.1) is 0 Å². The molecule has 1 saturated heterocycles. The van der Waals surface area contributed by atoms with Crippen LogP contribution in [-0.2, 0) is 0 Å². The average molecular weight is 283 g/mol. The van der Waals surface area contributed by atoms with Crippen LogP contribution in [0.4, 0.5) is 0 Å². The van der Waals surface area contributed by atoms with Gasteiger partial charge in [0.15, 0.2) is 0 Å². The summed E-state index contributed by atoms with van der Waals surface area (Å²) in [6.45, 7) is 20.5. The van der Waals surface area contributed by atoms with E-state index in [0.29, 0.717) is 0 Å². The van der Waals surface area contributed by atoms with E-state index in [2.05, 4.69) is 34.4 Å². The molecule has 0 unspecified atom stereocenters. The lowest BCUT2D eigenvalue weighted by atomic mass is 10.4. The van der Waals surface area contributed by atoms with Gasteiger partial charge in [-0.1, -0.05) is 34.6 Å². The van der Waals surface area contributed by atoms with Gasteiger partial charge in [-0.05, 0) is 13.6 Å². The van der Waals surface area contributed by atoms with Crippen molar-refractivity contribution in [3.8, 4) is 0 Å². The lowest BCUT2D eigenvalue weighted by molar-refractivity contribution is 0.267. The molecule has 0 radical (unpaired) electrons. The van der Waals surface area contributed by atoms with Gasteiger partial charge in [0.1, 0.15) is 0 Å². The highest BCUT2D eigenvalue weighted by molar-refractivity contribution is 4.64. The predicted molar refractivity (Wildman–Crippen MR) is 96.5 cm³/mol. The standard InChI is InChI=1S/C11H26N4.2C2H6.4H2/c1-3-15-10-6-12-4-8-14(2)9-5-13-7-11-15;2*1-2;;;;/h12-13H,3-11H2,1-2H3;2*1-2H3;4*1H. The largest absolute Gasteiger partial charge is 0.314 e. The minimum absolute atomic E-state index is 0. The van der Waals surface area contributed by atoms with Gasteiger partial charge in [-0.15, -0.1) is 0 Å². The van der Waals surface area contributed by atoms with Gasteiger partial charge in [-0.3, -0.25) is 0 Å². The highest BCUT2D eigenvalue weighted by atomic mass is 15.2. The first-order chi connectivity index (χ1) is 9.33. The third-order valence-electron chi connectivity index (χ3n) is 3.00. The molecule has 0 aromatic carbocycles. The molecule has 0 saturated carbocycles. The Morgan fingerprint density at radius 1 is 0.789 bits per heavy atom. The highest BCUT2D eigenvalue weighted by Crippen LogP contribution is 1.87. The second kappa shape index (κ2) is 17.8. The Morgan fingerprint density at radius 3 is 1.53 bits per heavy atom. The SMILES string of the molecule is CC.CC.CCN1CCNCCN(C)CCNCC1.[HH].[HH].[HH].[HH]. The maximum absolute atomic E-state index is 3.49. The fraction of sp³-hybridized carbons (Fsp3) is 1.00. The van der Waals surface area contributed by atoms with E-state index in [-0.39, 0.29) is 5.71 Å². The van der Waals surface area contributed by atoms with Crippen molar-refractivity contribution in [2.75, 3.05) is 66.0 Å². The third kappa shape index (κ3) is 14.1. The summed E-state index contributed by atoms with van der Waals surface area (Å²) in [5, 5.41) is 6.99. The van der Waals surface area contributed by atoms with Gasteiger partial charge in [-0.25, -0.2) is 0 Å². The van der Waals surface area contributed by atoms with Gasteiger partial charge in [0, 0.05) is 58.1 Å². The van der Waals surface area contributed by atoms with Crippen LogP contribution in [0.3, 0.4) is 0 Å². The van der Waals surface area contributed by atoms with Crippen molar-refractivity contribution >= 4 is 0 Å². The molecule has 19 heavy (non-hydrogen) atoms. The molecule has 0 spiro atoms. The molecule has 1 heterocycles. The number of nitrogens with one attached hydrogen (secondary N) is 2. The maximum Gasteiger partial charge on any atom is 0.0107 e. The zero-order chi connectivity index (χ0) is 14.9. The Hall–Kier alpha value is -0.160. The van der Waals surface area contributed by atoms with Gasteiger partial charge < -0.3 is 20.4 Å². The smallest absolute Gasteiger partial charge is 0.0107 e. The predicted octanol–water partition coefficient (Wildman–Crippen LogP) is 2.47. The van der Waals surface area contributed by atoms with E-state index < -0.39 is 0 Å². The van der Waals surface area contributed by atoms with E-state index in [1.807, 2.05) is 27.7 Å². The number of hydrogen-bond donors (Lipinski definition) is 2. The summed E-state index contributed by atoms with van der Waals surface area (Å²) >= 11 is 0. The molecule has 0 bridgehead atoms. The number of nitrogens with zero attached hydrogens (tertiary/aromatic N) is 2. The molecule has 0 aromatic heterocycles. The Bertz CT molecular complexity index is 154. The van der Waals surface area contributed by atoms with Crippen molar-refractivity contribution in [1.82, 2.24) is 20.4 Å². The summed E-state index contributed by atoms with van der Waals surface area (Å²) in [5.74, 6) is 0. The van der Waals surface area contributed by atoms with E-state index in [9.17, 15) is 0 Å². The molecule has 1 fully saturated rings. The van der Waals surface area contributed by atoms with Gasteiger partial charge in [0.25, 0.3) is 0 Å². The van der Waals surface area contributed by atoms with E-state index in [0.717, 1.165) is 45.8 Å². The molecule has 0 amide bonds. The topological polar surface area (TPSA) is 30.5 Å². The minimum Gasteiger partial charge on any atom is -0.314 e. The van der Waals surface area contributed by atoms with Crippen LogP contribution in [0.1, 0.15) is 40.3 Å². The van der Waals surface area contributed by atoms with Gasteiger partial charge in [-0.2, -0.15) is 0 Å². The normalized spacial score (nSPS) is 19.9. The van der Waals surface area contributed by atoms with Crippen LogP contribution in [0, 0.1) is 0 Å². The Morgan fingerprint density at radius 2 is 1.16 bits per heavy atom. The zero-order valence-electron chi connectivity index (χ0n) is 14.3. The van der Waals surface area contributed by atoms with Gasteiger partial charge >= 0.3 is 0 Å². The summed E-state index contributed by atoms with van der Waals surface area (Å²) in [4.78, 5) is 4.87. The fourth-order valence-electron chi connectivity index (χ4n) is 1.80. The Labute approximate surface area is 127 Å². The highest BCUT2D eigenvalue weighted by Gasteiger charge is 2.03. The van der Waals surface area contributed by atoms with E-state index >= 15 is 0 Å². The maximum atomic E-state index is 3.49. The molecular formula is C15H46N4. The van der Waals surface area contributed by atoms with Crippen LogP contribution < -0.4 is 10.6 Å². The molecule has 0 aromatic rings. The van der Waals surface area contributed by atoms with Crippen molar-refractivity contribution in [3.05, 3.63) is 0 Å². The Balaban J connectivity index is -0.0000000837.